The van der Waals surface area contributed by atoms with Crippen molar-refractivity contribution >= 4 is 17.3 Å². The molecule has 1 rings (SSSR count). The van der Waals surface area contributed by atoms with Gasteiger partial charge in [0.05, 0.1) is 11.5 Å². The summed E-state index contributed by atoms with van der Waals surface area (Å²) in [4.78, 5) is 10.4. The van der Waals surface area contributed by atoms with Crippen LogP contribution in [0, 0.1) is 10.1 Å². The number of hydrogen-bond acceptors (Lipinski definition) is 3. The molecule has 0 fully saturated rings. The van der Waals surface area contributed by atoms with Crippen LogP contribution in [0.3, 0.4) is 0 Å². The van der Waals surface area contributed by atoms with Gasteiger partial charge in [0.1, 0.15) is 0 Å². The number of benzene rings is 1. The smallest absolute Gasteiger partial charge is 0.311 e. The average molecular weight is 244 g/mol. The maximum atomic E-state index is 10.8. The van der Waals surface area contributed by atoms with Gasteiger partial charge < -0.3 is 4.74 Å². The van der Waals surface area contributed by atoms with Crippen molar-refractivity contribution in [3.63, 3.8) is 0 Å². The largest absolute Gasteiger partial charge is 0.487 e. The number of nitro groups is 1. The molecule has 0 N–H and O–H groups in total. The standard InChI is InChI=1S/C11H14ClNO3/c1-2-3-6-16-11-5-4-9(8-12)7-10(11)13(14)15/h4-5,7H,2-3,6,8H2,1H3. The second-order valence-corrected chi connectivity index (χ2v) is 3.66. The lowest BCUT2D eigenvalue weighted by molar-refractivity contribution is -0.385. The molecule has 88 valence electrons. The molecule has 0 saturated heterocycles. The molecule has 1 aromatic carbocycles. The fraction of sp³-hybridized carbons (Fsp3) is 0.455. The average Bonchev–Trinajstić information content (AvgIpc) is 2.29. The third-order valence-corrected chi connectivity index (χ3v) is 2.44. The topological polar surface area (TPSA) is 52.4 Å². The third kappa shape index (κ3) is 3.38. The minimum absolute atomic E-state index is 0.0192. The monoisotopic (exact) mass is 243 g/mol. The van der Waals surface area contributed by atoms with Crippen LogP contribution in [0.4, 0.5) is 5.69 Å². The van der Waals surface area contributed by atoms with E-state index in [1.807, 2.05) is 6.92 Å². The van der Waals surface area contributed by atoms with Crippen LogP contribution in [0.25, 0.3) is 0 Å². The van der Waals surface area contributed by atoms with Gasteiger partial charge in [0, 0.05) is 11.9 Å². The van der Waals surface area contributed by atoms with E-state index in [4.69, 9.17) is 16.3 Å². The van der Waals surface area contributed by atoms with Crippen molar-refractivity contribution < 1.29 is 9.66 Å². The van der Waals surface area contributed by atoms with Crippen LogP contribution in [0.15, 0.2) is 18.2 Å². The van der Waals surface area contributed by atoms with Gasteiger partial charge in [-0.2, -0.15) is 0 Å². The summed E-state index contributed by atoms with van der Waals surface area (Å²) in [5.74, 6) is 0.572. The van der Waals surface area contributed by atoms with Crippen molar-refractivity contribution in [3.05, 3.63) is 33.9 Å². The highest BCUT2D eigenvalue weighted by molar-refractivity contribution is 6.17. The number of rotatable bonds is 6. The molecule has 0 aliphatic rings. The zero-order chi connectivity index (χ0) is 12.0. The lowest BCUT2D eigenvalue weighted by Crippen LogP contribution is -2.00. The molecule has 0 heterocycles. The first-order valence-electron chi connectivity index (χ1n) is 5.15. The molecule has 0 spiro atoms. The van der Waals surface area contributed by atoms with E-state index in [1.165, 1.54) is 6.07 Å². The SMILES string of the molecule is CCCCOc1ccc(CCl)cc1[N+](=O)[O-]. The minimum Gasteiger partial charge on any atom is -0.487 e. The van der Waals surface area contributed by atoms with Gasteiger partial charge in [-0.05, 0) is 18.1 Å². The molecule has 4 nitrogen and oxygen atoms in total. The highest BCUT2D eigenvalue weighted by atomic mass is 35.5. The zero-order valence-electron chi connectivity index (χ0n) is 9.11. The Labute approximate surface area is 99.3 Å². The summed E-state index contributed by atoms with van der Waals surface area (Å²) in [6.07, 6.45) is 1.88. The molecule has 0 bridgehead atoms. The van der Waals surface area contributed by atoms with Gasteiger partial charge in [-0.1, -0.05) is 19.4 Å². The van der Waals surface area contributed by atoms with Crippen molar-refractivity contribution in [3.8, 4) is 5.75 Å². The van der Waals surface area contributed by atoms with E-state index in [9.17, 15) is 10.1 Å². The number of unbranched alkanes of at least 4 members (excludes halogenated alkanes) is 1. The van der Waals surface area contributed by atoms with Crippen LogP contribution >= 0.6 is 11.6 Å². The molecular weight excluding hydrogens is 230 g/mol. The first-order valence-corrected chi connectivity index (χ1v) is 5.68. The fourth-order valence-electron chi connectivity index (χ4n) is 1.24. The first-order chi connectivity index (χ1) is 7.69. The number of hydrogen-bond donors (Lipinski definition) is 0. The van der Waals surface area contributed by atoms with Crippen LogP contribution in [0.2, 0.25) is 0 Å². The predicted molar refractivity (Wildman–Crippen MR) is 63.1 cm³/mol. The lowest BCUT2D eigenvalue weighted by atomic mass is 10.2. The second kappa shape index (κ2) is 6.33. The van der Waals surface area contributed by atoms with Crippen molar-refractivity contribution in [1.29, 1.82) is 0 Å². The molecule has 0 radical (unpaired) electrons. The zero-order valence-corrected chi connectivity index (χ0v) is 9.87. The fourth-order valence-corrected chi connectivity index (χ4v) is 1.40. The maximum absolute atomic E-state index is 10.8. The van der Waals surface area contributed by atoms with E-state index in [1.54, 1.807) is 12.1 Å². The number of halogens is 1. The van der Waals surface area contributed by atoms with Crippen LogP contribution in [0.5, 0.6) is 5.75 Å². The molecule has 5 heteroatoms. The minimum atomic E-state index is -0.447. The van der Waals surface area contributed by atoms with Gasteiger partial charge in [0.2, 0.25) is 0 Å². The predicted octanol–water partition coefficient (Wildman–Crippen LogP) is 3.51. The van der Waals surface area contributed by atoms with Gasteiger partial charge in [-0.15, -0.1) is 11.6 Å². The van der Waals surface area contributed by atoms with Crippen molar-refractivity contribution in [2.24, 2.45) is 0 Å². The van der Waals surface area contributed by atoms with Crippen molar-refractivity contribution in [1.82, 2.24) is 0 Å². The summed E-state index contributed by atoms with van der Waals surface area (Å²) in [6.45, 7) is 2.53. The van der Waals surface area contributed by atoms with E-state index in [-0.39, 0.29) is 11.6 Å². The molecule has 0 atom stereocenters. The maximum Gasteiger partial charge on any atom is 0.311 e. The molecule has 0 aliphatic carbocycles. The molecule has 0 amide bonds. The Morgan fingerprint density at radius 3 is 2.81 bits per heavy atom. The number of alkyl halides is 1. The molecular formula is C11H14ClNO3. The van der Waals surface area contributed by atoms with Gasteiger partial charge in [-0.3, -0.25) is 10.1 Å². The Morgan fingerprint density at radius 2 is 2.25 bits per heavy atom. The van der Waals surface area contributed by atoms with Crippen molar-refractivity contribution in [2.75, 3.05) is 6.61 Å². The lowest BCUT2D eigenvalue weighted by Gasteiger charge is -2.06. The summed E-state index contributed by atoms with van der Waals surface area (Å²) in [6, 6.07) is 4.79. The van der Waals surface area contributed by atoms with Gasteiger partial charge in [-0.25, -0.2) is 0 Å². The van der Waals surface area contributed by atoms with Gasteiger partial charge >= 0.3 is 5.69 Å². The highest BCUT2D eigenvalue weighted by Gasteiger charge is 2.15. The number of ether oxygens (including phenoxy) is 1. The van der Waals surface area contributed by atoms with E-state index in [0.717, 1.165) is 18.4 Å². The molecule has 0 aromatic heterocycles. The number of nitrogens with zero attached hydrogens (tertiary/aromatic N) is 1. The van der Waals surface area contributed by atoms with E-state index >= 15 is 0 Å². The van der Waals surface area contributed by atoms with Crippen LogP contribution in [-0.4, -0.2) is 11.5 Å². The highest BCUT2D eigenvalue weighted by Crippen LogP contribution is 2.28. The Bertz CT molecular complexity index is 368. The second-order valence-electron chi connectivity index (χ2n) is 3.39. The van der Waals surface area contributed by atoms with E-state index < -0.39 is 4.92 Å². The first kappa shape index (κ1) is 12.8. The summed E-state index contributed by atoms with van der Waals surface area (Å²) in [5.41, 5.74) is 0.700. The molecule has 0 saturated carbocycles. The summed E-state index contributed by atoms with van der Waals surface area (Å²) >= 11 is 5.62. The molecule has 16 heavy (non-hydrogen) atoms. The van der Waals surface area contributed by atoms with E-state index in [0.29, 0.717) is 12.4 Å². The summed E-state index contributed by atoms with van der Waals surface area (Å²) < 4.78 is 5.35. The Balaban J connectivity index is 2.85. The molecule has 0 unspecified atom stereocenters. The number of nitro benzene ring substituents is 1. The van der Waals surface area contributed by atoms with E-state index in [2.05, 4.69) is 0 Å². The van der Waals surface area contributed by atoms with Crippen molar-refractivity contribution in [2.45, 2.75) is 25.6 Å². The van der Waals surface area contributed by atoms with Gasteiger partial charge in [0.25, 0.3) is 0 Å². The quantitative estimate of drug-likeness (QED) is 0.332. The van der Waals surface area contributed by atoms with Crippen LogP contribution in [0.1, 0.15) is 25.3 Å². The van der Waals surface area contributed by atoms with Gasteiger partial charge in [0.15, 0.2) is 5.75 Å². The summed E-state index contributed by atoms with van der Waals surface area (Å²) in [5, 5.41) is 10.8. The Morgan fingerprint density at radius 1 is 1.50 bits per heavy atom. The molecule has 0 aliphatic heterocycles. The summed E-state index contributed by atoms with van der Waals surface area (Å²) in [7, 11) is 0. The molecule has 1 aromatic rings. The Kier molecular flexibility index (Phi) is 5.05. The van der Waals surface area contributed by atoms with Crippen LogP contribution < -0.4 is 4.74 Å². The van der Waals surface area contributed by atoms with Crippen LogP contribution in [-0.2, 0) is 5.88 Å². The normalized spacial score (nSPS) is 10.1. The Hall–Kier alpha value is -1.29. The third-order valence-electron chi connectivity index (χ3n) is 2.13.